The van der Waals surface area contributed by atoms with Gasteiger partial charge in [-0.1, -0.05) is 23.2 Å². The number of aromatic nitrogens is 1. The van der Waals surface area contributed by atoms with Crippen molar-refractivity contribution in [3.8, 4) is 17.1 Å². The number of hydrogen-bond acceptors (Lipinski definition) is 5. The molecule has 2 aromatic rings. The van der Waals surface area contributed by atoms with E-state index in [4.69, 9.17) is 32.7 Å². The van der Waals surface area contributed by atoms with Crippen molar-refractivity contribution < 1.29 is 23.8 Å². The average molecular weight is 360 g/mol. The van der Waals surface area contributed by atoms with Crippen molar-refractivity contribution in [1.29, 1.82) is 0 Å². The van der Waals surface area contributed by atoms with Crippen LogP contribution < -0.4 is 4.74 Å². The zero-order valence-corrected chi connectivity index (χ0v) is 13.7. The number of nitrogens with zero attached hydrogens (tertiary/aromatic N) is 1. The summed E-state index contributed by atoms with van der Waals surface area (Å²) in [5, 5.41) is 10.5. The maximum atomic E-state index is 14.3. The monoisotopic (exact) mass is 359 g/mol. The van der Waals surface area contributed by atoms with Crippen molar-refractivity contribution in [3.63, 3.8) is 0 Å². The van der Waals surface area contributed by atoms with Gasteiger partial charge in [0.15, 0.2) is 12.1 Å². The molecule has 1 aromatic carbocycles. The number of hydrogen-bond donors (Lipinski definition) is 1. The zero-order valence-electron chi connectivity index (χ0n) is 12.1. The second-order valence-electron chi connectivity index (χ2n) is 4.56. The van der Waals surface area contributed by atoms with E-state index in [0.717, 1.165) is 6.92 Å². The van der Waals surface area contributed by atoms with Crippen molar-refractivity contribution in [1.82, 2.24) is 4.98 Å². The van der Waals surface area contributed by atoms with Crippen LogP contribution in [0.5, 0.6) is 5.88 Å². The lowest BCUT2D eigenvalue weighted by Gasteiger charge is -2.14. The first-order valence-electron chi connectivity index (χ1n) is 6.38. The summed E-state index contributed by atoms with van der Waals surface area (Å²) in [5.41, 5.74) is 0.434. The molecule has 8 heteroatoms. The Morgan fingerprint density at radius 3 is 2.39 bits per heavy atom. The van der Waals surface area contributed by atoms with Crippen LogP contribution in [-0.2, 0) is 9.53 Å². The van der Waals surface area contributed by atoms with Crippen molar-refractivity contribution >= 4 is 29.2 Å². The standard InChI is InChI=1S/C15H12Cl2FNO4/c1-7(20)23-14-13(18)11(15(21)22-2)6-12(19-14)8-3-9(16)5-10(17)4-8/h3-6,15,21H,1-2H3. The molecule has 1 aromatic heterocycles. The van der Waals surface area contributed by atoms with Gasteiger partial charge in [-0.3, -0.25) is 4.79 Å². The van der Waals surface area contributed by atoms with Gasteiger partial charge in [-0.05, 0) is 24.3 Å². The Kier molecular flexibility index (Phi) is 5.54. The summed E-state index contributed by atoms with van der Waals surface area (Å²) in [6, 6.07) is 5.88. The lowest BCUT2D eigenvalue weighted by molar-refractivity contribution is -0.132. The highest BCUT2D eigenvalue weighted by atomic mass is 35.5. The van der Waals surface area contributed by atoms with Crippen molar-refractivity contribution in [2.45, 2.75) is 13.2 Å². The molecule has 0 spiro atoms. The van der Waals surface area contributed by atoms with Crippen LogP contribution in [0.1, 0.15) is 18.8 Å². The van der Waals surface area contributed by atoms with Crippen LogP contribution in [0.15, 0.2) is 24.3 Å². The van der Waals surface area contributed by atoms with Crippen LogP contribution in [0.25, 0.3) is 11.3 Å². The van der Waals surface area contributed by atoms with Gasteiger partial charge in [-0.2, -0.15) is 0 Å². The molecule has 0 saturated carbocycles. The maximum Gasteiger partial charge on any atom is 0.309 e. The summed E-state index contributed by atoms with van der Waals surface area (Å²) in [5.74, 6) is -2.32. The molecule has 0 aliphatic heterocycles. The lowest BCUT2D eigenvalue weighted by Crippen LogP contribution is -2.10. The van der Waals surface area contributed by atoms with E-state index in [1.54, 1.807) is 12.1 Å². The van der Waals surface area contributed by atoms with E-state index < -0.39 is 24.0 Å². The number of ether oxygens (including phenoxy) is 2. The Labute approximate surface area is 141 Å². The predicted molar refractivity (Wildman–Crippen MR) is 82.9 cm³/mol. The number of aliphatic hydroxyl groups is 1. The van der Waals surface area contributed by atoms with Crippen molar-refractivity contribution in [2.75, 3.05) is 7.11 Å². The van der Waals surface area contributed by atoms with E-state index in [1.165, 1.54) is 19.2 Å². The molecule has 23 heavy (non-hydrogen) atoms. The molecule has 0 radical (unpaired) electrons. The quantitative estimate of drug-likeness (QED) is 0.664. The lowest BCUT2D eigenvalue weighted by atomic mass is 10.1. The smallest absolute Gasteiger partial charge is 0.309 e. The van der Waals surface area contributed by atoms with Crippen LogP contribution in [0.3, 0.4) is 0 Å². The highest BCUT2D eigenvalue weighted by molar-refractivity contribution is 6.35. The molecule has 0 bridgehead atoms. The summed E-state index contributed by atoms with van der Waals surface area (Å²) in [7, 11) is 1.20. The van der Waals surface area contributed by atoms with Gasteiger partial charge < -0.3 is 14.6 Å². The van der Waals surface area contributed by atoms with E-state index in [1.807, 2.05) is 0 Å². The maximum absolute atomic E-state index is 14.3. The third-order valence-electron chi connectivity index (χ3n) is 2.84. The molecule has 1 unspecified atom stereocenters. The molecule has 0 saturated heterocycles. The molecule has 2 rings (SSSR count). The highest BCUT2D eigenvalue weighted by Gasteiger charge is 2.21. The van der Waals surface area contributed by atoms with Crippen LogP contribution in [0.4, 0.5) is 4.39 Å². The summed E-state index contributed by atoms with van der Waals surface area (Å²) in [6.45, 7) is 1.11. The molecule has 0 aliphatic carbocycles. The molecule has 1 atom stereocenters. The van der Waals surface area contributed by atoms with E-state index in [-0.39, 0.29) is 11.3 Å². The topological polar surface area (TPSA) is 68.7 Å². The van der Waals surface area contributed by atoms with Gasteiger partial charge in [0.1, 0.15) is 0 Å². The van der Waals surface area contributed by atoms with Crippen molar-refractivity contribution in [2.24, 2.45) is 0 Å². The largest absolute Gasteiger partial charge is 0.404 e. The number of esters is 1. The number of carbonyl (C=O) groups is 1. The molecule has 0 fully saturated rings. The molecule has 122 valence electrons. The van der Waals surface area contributed by atoms with Gasteiger partial charge in [-0.15, -0.1) is 0 Å². The number of carbonyl (C=O) groups excluding carboxylic acids is 1. The molecule has 1 N–H and O–H groups in total. The van der Waals surface area contributed by atoms with E-state index in [9.17, 15) is 14.3 Å². The number of pyridine rings is 1. The Morgan fingerprint density at radius 2 is 1.87 bits per heavy atom. The fourth-order valence-corrected chi connectivity index (χ4v) is 2.41. The van der Waals surface area contributed by atoms with E-state index in [2.05, 4.69) is 4.98 Å². The summed E-state index contributed by atoms with van der Waals surface area (Å²) < 4.78 is 23.7. The highest BCUT2D eigenvalue weighted by Crippen LogP contribution is 2.32. The van der Waals surface area contributed by atoms with Crippen LogP contribution in [0.2, 0.25) is 10.0 Å². The normalized spacial score (nSPS) is 12.1. The first-order valence-corrected chi connectivity index (χ1v) is 7.13. The zero-order chi connectivity index (χ0) is 17.1. The predicted octanol–water partition coefficient (Wildman–Crippen LogP) is 3.76. The number of methoxy groups -OCH3 is 1. The Balaban J connectivity index is 2.65. The van der Waals surface area contributed by atoms with Gasteiger partial charge >= 0.3 is 5.97 Å². The minimum absolute atomic E-state index is 0.207. The molecule has 5 nitrogen and oxygen atoms in total. The molecular weight excluding hydrogens is 348 g/mol. The fourth-order valence-electron chi connectivity index (χ4n) is 1.88. The summed E-state index contributed by atoms with van der Waals surface area (Å²) in [6.07, 6.45) is -1.55. The number of rotatable bonds is 4. The van der Waals surface area contributed by atoms with E-state index >= 15 is 0 Å². The Bertz CT molecular complexity index is 734. The van der Waals surface area contributed by atoms with Crippen molar-refractivity contribution in [3.05, 3.63) is 45.7 Å². The summed E-state index contributed by atoms with van der Waals surface area (Å²) in [4.78, 5) is 15.0. The average Bonchev–Trinajstić information content (AvgIpc) is 2.47. The van der Waals surface area contributed by atoms with Gasteiger partial charge in [0.05, 0.1) is 11.3 Å². The second-order valence-corrected chi connectivity index (χ2v) is 5.43. The molecule has 0 aliphatic rings. The minimum Gasteiger partial charge on any atom is -0.404 e. The van der Waals surface area contributed by atoms with E-state index in [0.29, 0.717) is 15.6 Å². The SMILES string of the molecule is COC(O)c1cc(-c2cc(Cl)cc(Cl)c2)nc(OC(C)=O)c1F. The molecular formula is C15H12Cl2FNO4. The van der Waals surface area contributed by atoms with Gasteiger partial charge in [0.2, 0.25) is 0 Å². The van der Waals surface area contributed by atoms with Gasteiger partial charge in [-0.25, -0.2) is 9.37 Å². The molecule has 0 amide bonds. The fraction of sp³-hybridized carbons (Fsp3) is 0.200. The third kappa shape index (κ3) is 4.17. The Morgan fingerprint density at radius 1 is 1.26 bits per heavy atom. The molecule has 1 heterocycles. The van der Waals surface area contributed by atoms with Crippen LogP contribution in [0, 0.1) is 5.82 Å². The van der Waals surface area contributed by atoms with Crippen LogP contribution in [-0.4, -0.2) is 23.2 Å². The van der Waals surface area contributed by atoms with Crippen LogP contribution >= 0.6 is 23.2 Å². The first kappa shape index (κ1) is 17.6. The summed E-state index contributed by atoms with van der Waals surface area (Å²) >= 11 is 11.9. The van der Waals surface area contributed by atoms with Gasteiger partial charge in [0.25, 0.3) is 5.88 Å². The number of aliphatic hydroxyl groups excluding tert-OH is 1. The third-order valence-corrected chi connectivity index (χ3v) is 3.28. The van der Waals surface area contributed by atoms with Gasteiger partial charge in [0, 0.05) is 29.6 Å². The number of halogens is 3. The number of benzene rings is 1. The minimum atomic E-state index is -1.55. The first-order chi connectivity index (χ1) is 10.8. The second kappa shape index (κ2) is 7.23. The Hall–Kier alpha value is -1.73.